The third-order valence-electron chi connectivity index (χ3n) is 4.00. The molecule has 1 unspecified atom stereocenters. The van der Waals surface area contributed by atoms with Gasteiger partial charge in [0.05, 0.1) is 6.10 Å². The van der Waals surface area contributed by atoms with E-state index in [1.807, 2.05) is 0 Å². The van der Waals surface area contributed by atoms with E-state index >= 15 is 0 Å². The van der Waals surface area contributed by atoms with Crippen molar-refractivity contribution < 1.29 is 5.11 Å². The fraction of sp³-hybridized carbons (Fsp3) is 0.733. The van der Waals surface area contributed by atoms with Crippen molar-refractivity contribution in [2.75, 3.05) is 0 Å². The van der Waals surface area contributed by atoms with Crippen molar-refractivity contribution in [1.82, 2.24) is 0 Å². The minimum absolute atomic E-state index is 0.0759. The summed E-state index contributed by atoms with van der Waals surface area (Å²) in [5, 5.41) is 14.6. The maximum atomic E-state index is 10.3. The molecule has 1 fully saturated rings. The van der Waals surface area contributed by atoms with Gasteiger partial charge in [-0.3, -0.25) is 0 Å². The number of thiophene rings is 1. The van der Waals surface area contributed by atoms with Gasteiger partial charge in [-0.2, -0.15) is 11.3 Å². The molecule has 1 saturated carbocycles. The van der Waals surface area contributed by atoms with Gasteiger partial charge in [-0.1, -0.05) is 32.1 Å². The highest BCUT2D eigenvalue weighted by Crippen LogP contribution is 2.27. The topological polar surface area (TPSA) is 20.2 Å². The van der Waals surface area contributed by atoms with E-state index in [-0.39, 0.29) is 6.10 Å². The van der Waals surface area contributed by atoms with Crippen molar-refractivity contribution in [3.05, 3.63) is 22.4 Å². The van der Waals surface area contributed by atoms with Crippen LogP contribution in [0.3, 0.4) is 0 Å². The van der Waals surface area contributed by atoms with Gasteiger partial charge in [0.2, 0.25) is 0 Å². The molecule has 0 aromatic carbocycles. The standard InChI is InChI=1S/C15H24OS/c16-15(9-8-13-10-11-17-12-13)14-6-4-2-1-3-5-7-14/h10-12,14-16H,1-9H2. The average Bonchev–Trinajstić information content (AvgIpc) is 2.78. The summed E-state index contributed by atoms with van der Waals surface area (Å²) in [6.45, 7) is 0. The van der Waals surface area contributed by atoms with Crippen LogP contribution >= 0.6 is 11.3 Å². The SMILES string of the molecule is OC(CCc1ccsc1)C1CCCCCCC1. The normalized spacial score (nSPS) is 20.8. The van der Waals surface area contributed by atoms with Crippen molar-refractivity contribution >= 4 is 11.3 Å². The molecule has 1 aliphatic carbocycles. The molecule has 0 spiro atoms. The summed E-state index contributed by atoms with van der Waals surface area (Å²) < 4.78 is 0. The van der Waals surface area contributed by atoms with E-state index in [1.54, 1.807) is 11.3 Å². The zero-order valence-corrected chi connectivity index (χ0v) is 11.4. The van der Waals surface area contributed by atoms with Gasteiger partial charge < -0.3 is 5.11 Å². The minimum Gasteiger partial charge on any atom is -0.393 e. The van der Waals surface area contributed by atoms with Gasteiger partial charge in [0.1, 0.15) is 0 Å². The second-order valence-corrected chi connectivity index (χ2v) is 6.12. The molecule has 0 radical (unpaired) electrons. The summed E-state index contributed by atoms with van der Waals surface area (Å²) in [7, 11) is 0. The number of aliphatic hydroxyl groups is 1. The first-order valence-corrected chi connectivity index (χ1v) is 7.99. The zero-order valence-electron chi connectivity index (χ0n) is 10.6. The van der Waals surface area contributed by atoms with Gasteiger partial charge >= 0.3 is 0 Å². The molecule has 1 nitrogen and oxygen atoms in total. The maximum Gasteiger partial charge on any atom is 0.0571 e. The zero-order chi connectivity index (χ0) is 11.9. The summed E-state index contributed by atoms with van der Waals surface area (Å²) in [6.07, 6.45) is 11.2. The number of aryl methyl sites for hydroxylation is 1. The lowest BCUT2D eigenvalue weighted by atomic mass is 9.85. The molecule has 1 aliphatic rings. The lowest BCUT2D eigenvalue weighted by molar-refractivity contribution is 0.0835. The molecule has 0 saturated heterocycles. The summed E-state index contributed by atoms with van der Waals surface area (Å²) >= 11 is 1.75. The molecular formula is C15H24OS. The second kappa shape index (κ2) is 7.17. The molecule has 2 heteroatoms. The lowest BCUT2D eigenvalue weighted by Gasteiger charge is -2.24. The second-order valence-electron chi connectivity index (χ2n) is 5.34. The Morgan fingerprint density at radius 3 is 2.53 bits per heavy atom. The molecule has 1 N–H and O–H groups in total. The van der Waals surface area contributed by atoms with Gasteiger partial charge in [0.15, 0.2) is 0 Å². The first-order valence-electron chi connectivity index (χ1n) is 7.05. The molecule has 0 aliphatic heterocycles. The molecular weight excluding hydrogens is 228 g/mol. The fourth-order valence-corrected chi connectivity index (χ4v) is 3.56. The Morgan fingerprint density at radius 1 is 1.18 bits per heavy atom. The van der Waals surface area contributed by atoms with Crippen LogP contribution in [0.25, 0.3) is 0 Å². The van der Waals surface area contributed by atoms with E-state index in [0.29, 0.717) is 5.92 Å². The van der Waals surface area contributed by atoms with Crippen molar-refractivity contribution in [2.45, 2.75) is 63.9 Å². The first-order chi connectivity index (χ1) is 8.36. The highest BCUT2D eigenvalue weighted by molar-refractivity contribution is 7.07. The van der Waals surface area contributed by atoms with E-state index in [4.69, 9.17) is 0 Å². The van der Waals surface area contributed by atoms with Crippen LogP contribution in [0.5, 0.6) is 0 Å². The highest BCUT2D eigenvalue weighted by atomic mass is 32.1. The largest absolute Gasteiger partial charge is 0.393 e. The van der Waals surface area contributed by atoms with Gasteiger partial charge in [-0.05, 0) is 54.0 Å². The lowest BCUT2D eigenvalue weighted by Crippen LogP contribution is -2.22. The minimum atomic E-state index is -0.0759. The monoisotopic (exact) mass is 252 g/mol. The average molecular weight is 252 g/mol. The van der Waals surface area contributed by atoms with Crippen molar-refractivity contribution in [3.63, 3.8) is 0 Å². The Balaban J connectivity index is 1.75. The van der Waals surface area contributed by atoms with E-state index in [0.717, 1.165) is 12.8 Å². The number of hydrogen-bond donors (Lipinski definition) is 1. The van der Waals surface area contributed by atoms with Gasteiger partial charge in [-0.25, -0.2) is 0 Å². The molecule has 96 valence electrons. The summed E-state index contributed by atoms with van der Waals surface area (Å²) in [4.78, 5) is 0. The summed E-state index contributed by atoms with van der Waals surface area (Å²) in [5.41, 5.74) is 1.39. The Kier molecular flexibility index (Phi) is 5.53. The molecule has 1 aromatic heterocycles. The molecule has 1 atom stereocenters. The van der Waals surface area contributed by atoms with E-state index in [2.05, 4.69) is 16.8 Å². The Bertz CT molecular complexity index is 286. The van der Waals surface area contributed by atoms with Crippen LogP contribution in [0.1, 0.15) is 56.9 Å². The maximum absolute atomic E-state index is 10.3. The smallest absolute Gasteiger partial charge is 0.0571 e. The Morgan fingerprint density at radius 2 is 1.88 bits per heavy atom. The fourth-order valence-electron chi connectivity index (χ4n) is 2.86. The van der Waals surface area contributed by atoms with Crippen LogP contribution < -0.4 is 0 Å². The number of hydrogen-bond acceptors (Lipinski definition) is 2. The Hall–Kier alpha value is -0.340. The van der Waals surface area contributed by atoms with Crippen LogP contribution in [0.2, 0.25) is 0 Å². The van der Waals surface area contributed by atoms with Crippen molar-refractivity contribution in [2.24, 2.45) is 5.92 Å². The third kappa shape index (κ3) is 4.44. The quantitative estimate of drug-likeness (QED) is 0.842. The molecule has 2 rings (SSSR count). The molecule has 0 amide bonds. The summed E-state index contributed by atoms with van der Waals surface area (Å²) in [6, 6.07) is 2.18. The molecule has 1 aromatic rings. The molecule has 1 heterocycles. The van der Waals surface area contributed by atoms with Crippen LogP contribution in [-0.2, 0) is 6.42 Å². The van der Waals surface area contributed by atoms with Crippen LogP contribution in [0.15, 0.2) is 16.8 Å². The van der Waals surface area contributed by atoms with Gasteiger partial charge in [-0.15, -0.1) is 0 Å². The van der Waals surface area contributed by atoms with Gasteiger partial charge in [0.25, 0.3) is 0 Å². The highest BCUT2D eigenvalue weighted by Gasteiger charge is 2.19. The van der Waals surface area contributed by atoms with Crippen LogP contribution in [-0.4, -0.2) is 11.2 Å². The van der Waals surface area contributed by atoms with Crippen molar-refractivity contribution in [3.8, 4) is 0 Å². The Labute approximate surface area is 109 Å². The van der Waals surface area contributed by atoms with E-state index in [1.165, 1.54) is 50.5 Å². The summed E-state index contributed by atoms with van der Waals surface area (Å²) in [5.74, 6) is 0.564. The predicted octanol–water partition coefficient (Wildman–Crippen LogP) is 4.40. The van der Waals surface area contributed by atoms with Crippen LogP contribution in [0, 0.1) is 5.92 Å². The van der Waals surface area contributed by atoms with E-state index in [9.17, 15) is 5.11 Å². The number of rotatable bonds is 4. The van der Waals surface area contributed by atoms with Gasteiger partial charge in [0, 0.05) is 0 Å². The first kappa shape index (κ1) is 13.1. The molecule has 0 bridgehead atoms. The van der Waals surface area contributed by atoms with Crippen LogP contribution in [0.4, 0.5) is 0 Å². The van der Waals surface area contributed by atoms with E-state index < -0.39 is 0 Å². The van der Waals surface area contributed by atoms with Crippen molar-refractivity contribution in [1.29, 1.82) is 0 Å². The number of aliphatic hydroxyl groups excluding tert-OH is 1. The molecule has 17 heavy (non-hydrogen) atoms. The predicted molar refractivity (Wildman–Crippen MR) is 74.5 cm³/mol. The third-order valence-corrected chi connectivity index (χ3v) is 4.73.